The minimum atomic E-state index is -4.21. The maximum absolute atomic E-state index is 14.8. The molecule has 2 aliphatic heterocycles. The number of ether oxygens (including phenoxy) is 4. The van der Waals surface area contributed by atoms with Gasteiger partial charge in [0.15, 0.2) is 11.6 Å². The van der Waals surface area contributed by atoms with Gasteiger partial charge < -0.3 is 56.6 Å². The van der Waals surface area contributed by atoms with Gasteiger partial charge in [0.1, 0.15) is 34.9 Å². The molecule has 2 aromatic rings. The lowest BCUT2D eigenvalue weighted by Gasteiger charge is -2.25. The minimum absolute atomic E-state index is 0.00335. The average Bonchev–Trinajstić information content (AvgIpc) is 1.67. The van der Waals surface area contributed by atoms with Crippen molar-refractivity contribution in [3.8, 4) is 5.75 Å². The van der Waals surface area contributed by atoms with E-state index in [2.05, 4.69) is 41.6 Å². The molecule has 2 aromatic carbocycles. The standard InChI is InChI=1S/C66H103N9O15S/c1-42-43(2)58(44(3)57-49(42)40-66(11,12)88-57)91(85,86)75-61(67)70-37-22-27-47(45(4)76)38-53(77)50(28-18-21-35-72-63(84)90-65(8,9)10)73-59(81)48(26-16-19-34-71-62(83)89-64(5,6)7)39-54(78)51(74-60(82)52-30-23-36-68-52)29-17-20-33-69-55(79)31-32-56(80)87-41-46-24-14-13-15-25-46/h13-15,24-25,47-48,50-52,68H,16-23,26-41H2,1-12H3,(H,69,79)(H,71,83)(H,72,84)(H,73,81)(H,74,82)(H3,67,70,75)/t47-,48-,50+,51+,52-/m1/s1. The summed E-state index contributed by atoms with van der Waals surface area (Å²) in [6.07, 6.45) is 3.00. The van der Waals surface area contributed by atoms with Crippen LogP contribution in [0.2, 0.25) is 0 Å². The molecule has 2 heterocycles. The second kappa shape index (κ2) is 36.2. The summed E-state index contributed by atoms with van der Waals surface area (Å²) in [5.41, 5.74) is 7.80. The number of unbranched alkanes of at least 4 members (excludes halogenated alkanes) is 3. The van der Waals surface area contributed by atoms with E-state index < -0.39 is 92.4 Å². The Labute approximate surface area is 538 Å². The molecule has 5 amide bonds. The highest BCUT2D eigenvalue weighted by atomic mass is 32.2. The summed E-state index contributed by atoms with van der Waals surface area (Å²) in [5.74, 6) is -4.71. The number of rotatable bonds is 37. The van der Waals surface area contributed by atoms with Crippen LogP contribution in [0.5, 0.6) is 5.75 Å². The Hall–Kier alpha value is -7.15. The number of alkyl carbamates (subject to hydrolysis) is 2. The molecule has 0 radical (unpaired) electrons. The molecule has 508 valence electrons. The fraction of sp³-hybridized carbons (Fsp3) is 0.667. The highest BCUT2D eigenvalue weighted by Gasteiger charge is 2.38. The molecule has 0 saturated carbocycles. The Balaban J connectivity index is 1.50. The maximum atomic E-state index is 14.8. The number of esters is 1. The zero-order chi connectivity index (χ0) is 67.7. The van der Waals surface area contributed by atoms with E-state index in [1.807, 2.05) is 51.1 Å². The summed E-state index contributed by atoms with van der Waals surface area (Å²) < 4.78 is 52.3. The predicted octanol–water partition coefficient (Wildman–Crippen LogP) is 7.36. The molecule has 5 atom stereocenters. The van der Waals surface area contributed by atoms with Crippen LogP contribution in [0.15, 0.2) is 40.2 Å². The van der Waals surface area contributed by atoms with Crippen LogP contribution in [0, 0.1) is 32.6 Å². The molecule has 24 nitrogen and oxygen atoms in total. The van der Waals surface area contributed by atoms with Crippen molar-refractivity contribution in [3.63, 3.8) is 0 Å². The average molecular weight is 1290 g/mol. The predicted molar refractivity (Wildman–Crippen MR) is 345 cm³/mol. The quantitative estimate of drug-likeness (QED) is 0.0108. The van der Waals surface area contributed by atoms with E-state index in [-0.39, 0.29) is 119 Å². The number of guanidine groups is 1. The molecule has 1 fully saturated rings. The van der Waals surface area contributed by atoms with Crippen molar-refractivity contribution in [2.45, 2.75) is 245 Å². The number of carbonyl (C=O) groups is 9. The minimum Gasteiger partial charge on any atom is -0.487 e. The van der Waals surface area contributed by atoms with Crippen LogP contribution >= 0.6 is 0 Å². The molecule has 91 heavy (non-hydrogen) atoms. The number of sulfonamides is 1. The molecule has 0 aliphatic carbocycles. The van der Waals surface area contributed by atoms with Crippen LogP contribution in [0.25, 0.3) is 0 Å². The first-order valence-electron chi connectivity index (χ1n) is 32.1. The fourth-order valence-corrected chi connectivity index (χ4v) is 12.4. The topological polar surface area (TPSA) is 347 Å². The monoisotopic (exact) mass is 1290 g/mol. The first kappa shape index (κ1) is 76.3. The second-order valence-electron chi connectivity index (χ2n) is 26.5. The van der Waals surface area contributed by atoms with Crippen LogP contribution in [0.3, 0.4) is 0 Å². The first-order valence-corrected chi connectivity index (χ1v) is 33.6. The van der Waals surface area contributed by atoms with E-state index in [0.29, 0.717) is 74.8 Å². The molecule has 0 aromatic heterocycles. The van der Waals surface area contributed by atoms with E-state index in [4.69, 9.17) is 24.7 Å². The summed E-state index contributed by atoms with van der Waals surface area (Å²) in [4.78, 5) is 125. The zero-order valence-electron chi connectivity index (χ0n) is 55.8. The SMILES string of the molecule is CC(=O)[C@H](CCCN=C(N)NS(=O)(=O)c1c(C)c(C)c2c(c1C)OC(C)(C)C2)CC(=O)[C@H](CCCCNC(=O)OC(C)(C)C)NC(=O)[C@H](CCCCNC(=O)OC(C)(C)C)CC(=O)[C@H](CCCCNC(=O)CCC(=O)OCc1ccccc1)NC(=O)[C@H]1CCCN1. The van der Waals surface area contributed by atoms with Gasteiger partial charge in [-0.15, -0.1) is 0 Å². The summed E-state index contributed by atoms with van der Waals surface area (Å²) in [7, 11) is -4.21. The Morgan fingerprint density at radius 2 is 1.26 bits per heavy atom. The van der Waals surface area contributed by atoms with Crippen LogP contribution in [-0.2, 0) is 70.8 Å². The van der Waals surface area contributed by atoms with Gasteiger partial charge in [0.25, 0.3) is 10.0 Å². The first-order chi connectivity index (χ1) is 42.6. The number of carbonyl (C=O) groups excluding carboxylic acids is 9. The van der Waals surface area contributed by atoms with Crippen LogP contribution in [0.4, 0.5) is 9.59 Å². The van der Waals surface area contributed by atoms with Gasteiger partial charge in [0, 0.05) is 74.8 Å². The van der Waals surface area contributed by atoms with Crippen molar-refractivity contribution in [2.75, 3.05) is 32.7 Å². The number of benzene rings is 2. The number of hydrogen-bond donors (Lipinski definition) is 8. The maximum Gasteiger partial charge on any atom is 0.407 e. The highest BCUT2D eigenvalue weighted by molar-refractivity contribution is 7.90. The molecular formula is C66H103N9O15S. The highest BCUT2D eigenvalue weighted by Crippen LogP contribution is 2.44. The number of nitrogens with two attached hydrogens (primary N) is 1. The van der Waals surface area contributed by atoms with E-state index >= 15 is 0 Å². The molecule has 0 unspecified atom stereocenters. The van der Waals surface area contributed by atoms with Gasteiger partial charge in [-0.3, -0.25) is 38.6 Å². The summed E-state index contributed by atoms with van der Waals surface area (Å²) in [5, 5.41) is 17.2. The van der Waals surface area contributed by atoms with E-state index in [9.17, 15) is 51.6 Å². The van der Waals surface area contributed by atoms with E-state index in [1.165, 1.54) is 6.92 Å². The molecule has 4 rings (SSSR count). The van der Waals surface area contributed by atoms with Crippen molar-refractivity contribution >= 4 is 69.2 Å². The molecule has 1 saturated heterocycles. The third-order valence-electron chi connectivity index (χ3n) is 15.7. The second-order valence-corrected chi connectivity index (χ2v) is 28.1. The van der Waals surface area contributed by atoms with Gasteiger partial charge in [-0.1, -0.05) is 36.8 Å². The number of fused-ring (bicyclic) bond motifs is 1. The number of hydrogen-bond acceptors (Lipinski definition) is 17. The Kier molecular flexibility index (Phi) is 30.3. The number of amides is 5. The largest absolute Gasteiger partial charge is 0.487 e. The lowest BCUT2D eigenvalue weighted by Crippen LogP contribution is -2.49. The van der Waals surface area contributed by atoms with Crippen LogP contribution in [-0.4, -0.2) is 135 Å². The number of Topliss-reactive ketones (excluding diaryl/α,β-unsaturated/α-hetero) is 3. The molecular weight excluding hydrogens is 1190 g/mol. The van der Waals surface area contributed by atoms with Crippen molar-refractivity contribution in [1.29, 1.82) is 0 Å². The summed E-state index contributed by atoms with van der Waals surface area (Å²) >= 11 is 0. The third kappa shape index (κ3) is 27.7. The van der Waals surface area contributed by atoms with Gasteiger partial charge in [-0.25, -0.2) is 22.7 Å². The van der Waals surface area contributed by atoms with Crippen molar-refractivity contribution in [3.05, 3.63) is 58.1 Å². The summed E-state index contributed by atoms with van der Waals surface area (Å²) in [6.45, 7) is 22.3. The van der Waals surface area contributed by atoms with Gasteiger partial charge in [0.2, 0.25) is 23.7 Å². The van der Waals surface area contributed by atoms with Crippen molar-refractivity contribution < 1.29 is 70.5 Å². The number of aliphatic imine (C=N–C) groups is 1. The molecule has 0 spiro atoms. The molecule has 0 bridgehead atoms. The van der Waals surface area contributed by atoms with Crippen LogP contribution < -0.4 is 47.1 Å². The number of ketones is 3. The lowest BCUT2D eigenvalue weighted by atomic mass is 9.88. The number of nitrogens with one attached hydrogen (secondary N) is 7. The van der Waals surface area contributed by atoms with E-state index in [0.717, 1.165) is 23.1 Å². The summed E-state index contributed by atoms with van der Waals surface area (Å²) in [6, 6.07) is 6.48. The van der Waals surface area contributed by atoms with Crippen LogP contribution in [0.1, 0.15) is 199 Å². The van der Waals surface area contributed by atoms with Gasteiger partial charge in [-0.05, 0) is 183 Å². The van der Waals surface area contributed by atoms with Gasteiger partial charge in [-0.2, -0.15) is 0 Å². The van der Waals surface area contributed by atoms with Gasteiger partial charge >= 0.3 is 18.2 Å². The van der Waals surface area contributed by atoms with Gasteiger partial charge in [0.05, 0.1) is 29.4 Å². The third-order valence-corrected chi connectivity index (χ3v) is 17.3. The number of nitrogens with zero attached hydrogens (tertiary/aromatic N) is 1. The molecule has 9 N–H and O–H groups in total. The Morgan fingerprint density at radius 3 is 1.82 bits per heavy atom. The van der Waals surface area contributed by atoms with E-state index in [1.54, 1.807) is 55.4 Å². The Morgan fingerprint density at radius 1 is 0.714 bits per heavy atom. The zero-order valence-corrected chi connectivity index (χ0v) is 56.6. The van der Waals surface area contributed by atoms with Crippen molar-refractivity contribution in [1.82, 2.24) is 36.6 Å². The van der Waals surface area contributed by atoms with Crippen molar-refractivity contribution in [2.24, 2.45) is 22.6 Å². The lowest BCUT2D eigenvalue weighted by molar-refractivity contribution is -0.146. The molecule has 2 aliphatic rings. The normalized spacial score (nSPS) is 16.0. The molecule has 25 heteroatoms. The Bertz CT molecular complexity index is 2970. The fourth-order valence-electron chi connectivity index (χ4n) is 10.9. The smallest absolute Gasteiger partial charge is 0.407 e.